The van der Waals surface area contributed by atoms with E-state index in [-0.39, 0.29) is 5.41 Å². The molecule has 0 saturated heterocycles. The molecule has 9 nitrogen and oxygen atoms in total. The second kappa shape index (κ2) is 28.6. The van der Waals surface area contributed by atoms with Gasteiger partial charge in [0.15, 0.2) is 34.5 Å². The first-order valence-electron chi connectivity index (χ1n) is 48.0. The Balaban J connectivity index is 0.0000000997. The van der Waals surface area contributed by atoms with E-state index in [0.717, 1.165) is 130 Å². The molecule has 0 bridgehead atoms. The number of aromatic nitrogens is 6. The SMILES string of the molecule is Cc1nc2cccc3c2n1-c1ccc(-c2ccc4c(c2)C(c2ccccc2)(c2ccccc2)c2ccccc2-4)cc1O3.Cc1nc2cccc3c2n1-c1ccc(-c2ccc4c(c2)C2(c5ccccc5-4)c4ccccc4C4(c5ccccc5-c5ccccc54)c4ccccc42)cc1O3.Cc1nc2cccc3c2n1-c1ccc(-c2ccc4c(c2)C2(c5ccccc5-c5ccccc52)c2ccccc2-4)cc1O3. The number of hydrogen-bond donors (Lipinski definition) is 0. The maximum Gasteiger partial charge on any atom is 0.153 e. The number of para-hydroxylation sites is 3. The molecule has 0 N–H and O–H groups in total. The Labute approximate surface area is 802 Å². The minimum atomic E-state index is -0.532. The van der Waals surface area contributed by atoms with Crippen LogP contribution in [0.25, 0.3) is 139 Å². The van der Waals surface area contributed by atoms with Gasteiger partial charge in [-0.05, 0) is 290 Å². The summed E-state index contributed by atoms with van der Waals surface area (Å²) < 4.78 is 26.3. The molecule has 0 atom stereocenters. The highest BCUT2D eigenvalue weighted by atomic mass is 16.5. The normalized spacial score (nSPS) is 14.4. The van der Waals surface area contributed by atoms with Gasteiger partial charge < -0.3 is 14.2 Å². The van der Waals surface area contributed by atoms with Crippen molar-refractivity contribution in [2.45, 2.75) is 42.4 Å². The van der Waals surface area contributed by atoms with Gasteiger partial charge in [0.2, 0.25) is 0 Å². The summed E-state index contributed by atoms with van der Waals surface area (Å²) in [4.78, 5) is 14.4. The van der Waals surface area contributed by atoms with Crippen LogP contribution in [-0.4, -0.2) is 28.7 Å². The van der Waals surface area contributed by atoms with E-state index in [1.165, 1.54) is 150 Å². The van der Waals surface area contributed by atoms with Gasteiger partial charge in [-0.25, -0.2) is 15.0 Å². The Hall–Kier alpha value is -17.8. The van der Waals surface area contributed by atoms with Crippen LogP contribution in [0.5, 0.6) is 34.5 Å². The second-order valence-electron chi connectivity index (χ2n) is 38.1. The molecular weight excluding hydrogens is 1690 g/mol. The van der Waals surface area contributed by atoms with Gasteiger partial charge in [0.1, 0.15) is 34.0 Å². The van der Waals surface area contributed by atoms with E-state index in [9.17, 15) is 0 Å². The monoisotopic (exact) mass is 1770 g/mol. The van der Waals surface area contributed by atoms with Crippen LogP contribution in [0.1, 0.15) is 106 Å². The van der Waals surface area contributed by atoms with Crippen molar-refractivity contribution in [3.8, 4) is 141 Å². The number of ether oxygens (including phenoxy) is 3. The number of benzene rings is 20. The molecule has 3 aromatic heterocycles. The van der Waals surface area contributed by atoms with Crippen molar-refractivity contribution in [1.82, 2.24) is 28.7 Å². The summed E-state index contributed by atoms with van der Waals surface area (Å²) in [5.41, 5.74) is 48.5. The summed E-state index contributed by atoms with van der Waals surface area (Å²) in [6, 6.07) is 163. The van der Waals surface area contributed by atoms with Crippen LogP contribution in [0.2, 0.25) is 0 Å². The number of imidazole rings is 3. The van der Waals surface area contributed by atoms with Gasteiger partial charge >= 0.3 is 0 Å². The zero-order valence-corrected chi connectivity index (χ0v) is 76.1. The molecule has 32 rings (SSSR count). The van der Waals surface area contributed by atoms with Crippen molar-refractivity contribution in [3.63, 3.8) is 0 Å². The molecule has 23 aromatic rings. The molecule has 0 saturated carbocycles. The highest BCUT2D eigenvalue weighted by molar-refractivity contribution is 6.00. The van der Waals surface area contributed by atoms with E-state index in [2.05, 4.69) is 429 Å². The van der Waals surface area contributed by atoms with Crippen molar-refractivity contribution < 1.29 is 14.2 Å². The van der Waals surface area contributed by atoms with Crippen LogP contribution in [0.3, 0.4) is 0 Å². The molecule has 139 heavy (non-hydrogen) atoms. The fraction of sp³-hybridized carbons (Fsp3) is 0.0538. The van der Waals surface area contributed by atoms with Crippen molar-refractivity contribution in [2.75, 3.05) is 0 Å². The van der Waals surface area contributed by atoms with Gasteiger partial charge in [-0.1, -0.05) is 352 Å². The van der Waals surface area contributed by atoms with Crippen molar-refractivity contribution in [1.29, 1.82) is 0 Å². The van der Waals surface area contributed by atoms with Crippen LogP contribution in [0.15, 0.2) is 443 Å². The first-order chi connectivity index (χ1) is 68.6. The van der Waals surface area contributed by atoms with Crippen LogP contribution < -0.4 is 14.2 Å². The maximum atomic E-state index is 6.62. The summed E-state index contributed by atoms with van der Waals surface area (Å²) in [5, 5.41) is 0. The average molecular weight is 1780 g/mol. The zero-order chi connectivity index (χ0) is 91.5. The summed E-state index contributed by atoms with van der Waals surface area (Å²) in [5.74, 6) is 7.94. The van der Waals surface area contributed by atoms with E-state index in [4.69, 9.17) is 29.2 Å². The Morgan fingerprint density at radius 2 is 0.388 bits per heavy atom. The van der Waals surface area contributed by atoms with Crippen LogP contribution >= 0.6 is 0 Å². The number of rotatable bonds is 5. The third kappa shape index (κ3) is 10.2. The van der Waals surface area contributed by atoms with Gasteiger partial charge in [-0.2, -0.15) is 0 Å². The highest BCUT2D eigenvalue weighted by Gasteiger charge is 2.60. The highest BCUT2D eigenvalue weighted by Crippen LogP contribution is 2.70. The predicted molar refractivity (Wildman–Crippen MR) is 556 cm³/mol. The second-order valence-corrected chi connectivity index (χ2v) is 38.1. The van der Waals surface area contributed by atoms with E-state index >= 15 is 0 Å². The third-order valence-corrected chi connectivity index (χ3v) is 31.6. The van der Waals surface area contributed by atoms with Gasteiger partial charge in [0, 0.05) is 0 Å². The number of nitrogens with zero attached hydrogens (tertiary/aromatic N) is 6. The molecule has 3 spiro atoms. The molecule has 0 radical (unpaired) electrons. The number of fused-ring (bicyclic) bond motifs is 35. The smallest absolute Gasteiger partial charge is 0.153 e. The van der Waals surface area contributed by atoms with Gasteiger partial charge in [-0.3, -0.25) is 13.7 Å². The van der Waals surface area contributed by atoms with Crippen LogP contribution in [-0.2, 0) is 21.7 Å². The van der Waals surface area contributed by atoms with E-state index in [1.54, 1.807) is 0 Å². The molecular formula is C130H82N6O3. The summed E-state index contributed by atoms with van der Waals surface area (Å²) in [6.45, 7) is 6.18. The van der Waals surface area contributed by atoms with Crippen molar-refractivity contribution in [2.24, 2.45) is 0 Å². The summed E-state index contributed by atoms with van der Waals surface area (Å²) in [6.07, 6.45) is 0. The third-order valence-electron chi connectivity index (χ3n) is 31.6. The lowest BCUT2D eigenvalue weighted by atomic mass is 9.52. The van der Waals surface area contributed by atoms with Gasteiger partial charge in [0.05, 0.1) is 55.3 Å². The Morgan fingerprint density at radius 3 is 0.676 bits per heavy atom. The molecule has 20 aromatic carbocycles. The molecule has 0 amide bonds. The van der Waals surface area contributed by atoms with Crippen LogP contribution in [0.4, 0.5) is 0 Å². The summed E-state index contributed by atoms with van der Waals surface area (Å²) >= 11 is 0. The van der Waals surface area contributed by atoms with Gasteiger partial charge in [-0.15, -0.1) is 0 Å². The lowest BCUT2D eigenvalue weighted by Crippen LogP contribution is -2.43. The Bertz CT molecular complexity index is 8890. The minimum Gasteiger partial charge on any atom is -0.453 e. The fourth-order valence-corrected chi connectivity index (χ4v) is 26.3. The fourth-order valence-electron chi connectivity index (χ4n) is 26.3. The lowest BCUT2D eigenvalue weighted by molar-refractivity contribution is 0.475. The molecule has 650 valence electrons. The molecule has 0 fully saturated rings. The Morgan fingerprint density at radius 1 is 0.173 bits per heavy atom. The number of hydrogen-bond acceptors (Lipinski definition) is 6. The average Bonchev–Trinajstić information content (AvgIpc) is 1.50. The molecule has 6 heterocycles. The Kier molecular flexibility index (Phi) is 16.0. The maximum absolute atomic E-state index is 6.62. The molecule has 9 aliphatic rings. The molecule has 3 aliphatic heterocycles. The van der Waals surface area contributed by atoms with Crippen molar-refractivity contribution >= 4 is 33.1 Å². The predicted octanol–water partition coefficient (Wildman–Crippen LogP) is 31.1. The van der Waals surface area contributed by atoms with Crippen molar-refractivity contribution in [3.05, 3.63) is 549 Å². The molecule has 6 aliphatic carbocycles. The van der Waals surface area contributed by atoms with Crippen LogP contribution in [0, 0.1) is 20.8 Å². The topological polar surface area (TPSA) is 81.1 Å². The number of aryl methyl sites for hydroxylation is 3. The first-order valence-corrected chi connectivity index (χ1v) is 48.0. The van der Waals surface area contributed by atoms with Gasteiger partial charge in [0.25, 0.3) is 0 Å². The molecule has 9 heteroatoms. The lowest BCUT2D eigenvalue weighted by Gasteiger charge is -2.48. The minimum absolute atomic E-state index is 0.349. The summed E-state index contributed by atoms with van der Waals surface area (Å²) in [7, 11) is 0. The quantitative estimate of drug-likeness (QED) is 0.171. The zero-order valence-electron chi connectivity index (χ0n) is 76.1. The standard InChI is InChI=1S/C52H32N2O.C39H24N2O.C39H26N2O/c1-31-53-46-23-12-24-48-50(46)54(31)47-28-26-33(30-49(47)55-48)32-25-27-37-36-15-4-7-18-40(36)52(45(37)29-32)43-21-10-8-19-41(43)51(42-20-9-11-22-44(42)52)38-16-5-2-13-34(38)35-14-3-6-17-39(35)51;1-23-40-34-15-8-16-36-38(34)41(23)35-20-18-25(22-37(35)42-36)24-17-19-29-28-11-4-7-14-32(28)39(33(29)21-24)30-12-5-2-9-26(30)27-10-3-6-13-31(27)39;1-25-40-34-17-10-18-36-38(34)41(25)35-22-20-27(24-37(35)42-36)26-19-21-31-30-15-8-9-16-32(30)39(33(31)23-26,28-11-4-2-5-12-28)29-13-6-3-7-14-29/h2-30H,1H3;2-22H,1H3;2-24H,1H3. The van der Waals surface area contributed by atoms with E-state index in [0.29, 0.717) is 0 Å². The molecule has 0 unspecified atom stereocenters. The first kappa shape index (κ1) is 77.6. The van der Waals surface area contributed by atoms with E-state index in [1.807, 2.05) is 48.5 Å². The van der Waals surface area contributed by atoms with E-state index < -0.39 is 16.2 Å². The largest absolute Gasteiger partial charge is 0.453 e.